The van der Waals surface area contributed by atoms with Gasteiger partial charge in [-0.1, -0.05) is 36.0 Å². The Kier molecular flexibility index (Phi) is 5.44. The molecule has 0 aliphatic carbocycles. The van der Waals surface area contributed by atoms with Crippen LogP contribution in [-0.2, 0) is 17.2 Å². The van der Waals surface area contributed by atoms with Crippen LogP contribution in [0.1, 0.15) is 25.3 Å². The molecule has 0 N–H and O–H groups in total. The van der Waals surface area contributed by atoms with Gasteiger partial charge in [-0.2, -0.15) is 10.4 Å². The number of nitriles is 1. The van der Waals surface area contributed by atoms with Gasteiger partial charge in [-0.3, -0.25) is 4.68 Å². The maximum atomic E-state index is 15.4. The molecule has 1 aromatic heterocycles. The van der Waals surface area contributed by atoms with Crippen molar-refractivity contribution in [2.24, 2.45) is 7.05 Å². The number of aryl methyl sites for hydroxylation is 1. The quantitative estimate of drug-likeness (QED) is 0.586. The van der Waals surface area contributed by atoms with Gasteiger partial charge < -0.3 is 4.74 Å². The lowest BCUT2D eigenvalue weighted by atomic mass is 9.73. The highest BCUT2D eigenvalue weighted by molar-refractivity contribution is 7.99. The molecule has 2 atom stereocenters. The van der Waals surface area contributed by atoms with Crippen LogP contribution < -0.4 is 0 Å². The van der Waals surface area contributed by atoms with Gasteiger partial charge in [0.1, 0.15) is 5.82 Å². The van der Waals surface area contributed by atoms with Gasteiger partial charge in [-0.15, -0.1) is 0 Å². The van der Waals surface area contributed by atoms with E-state index < -0.39 is 5.41 Å². The summed E-state index contributed by atoms with van der Waals surface area (Å²) in [6, 6.07) is 17.7. The van der Waals surface area contributed by atoms with E-state index in [1.54, 1.807) is 18.3 Å². The number of halogens is 1. The van der Waals surface area contributed by atoms with E-state index in [-0.39, 0.29) is 11.9 Å². The first kappa shape index (κ1) is 19.7. The minimum absolute atomic E-state index is 0.0568. The van der Waals surface area contributed by atoms with E-state index in [1.165, 1.54) is 11.8 Å². The third-order valence-electron chi connectivity index (χ3n) is 5.46. The summed E-state index contributed by atoms with van der Waals surface area (Å²) < 4.78 is 22.8. The first-order valence-corrected chi connectivity index (χ1v) is 10.4. The fourth-order valence-corrected chi connectivity index (χ4v) is 4.80. The average Bonchev–Trinajstić information content (AvgIpc) is 3.16. The summed E-state index contributed by atoms with van der Waals surface area (Å²) in [6.45, 7) is 2.41. The van der Waals surface area contributed by atoms with Crippen molar-refractivity contribution < 1.29 is 9.13 Å². The number of nitrogens with zero attached hydrogens (tertiary/aromatic N) is 3. The van der Waals surface area contributed by atoms with Crippen LogP contribution >= 0.6 is 11.8 Å². The number of hydrogen-bond donors (Lipinski definition) is 0. The summed E-state index contributed by atoms with van der Waals surface area (Å²) in [6.07, 6.45) is 2.73. The van der Waals surface area contributed by atoms with Gasteiger partial charge in [-0.25, -0.2) is 4.39 Å². The molecule has 2 aromatic carbocycles. The topological polar surface area (TPSA) is 50.8 Å². The Bertz CT molecular complexity index is 1060. The summed E-state index contributed by atoms with van der Waals surface area (Å²) in [4.78, 5) is 1.47. The van der Waals surface area contributed by atoms with Crippen LogP contribution in [0.5, 0.6) is 0 Å². The smallest absolute Gasteiger partial charge is 0.141 e. The van der Waals surface area contributed by atoms with Crippen LogP contribution in [-0.4, -0.2) is 22.5 Å². The number of aromatic nitrogens is 2. The number of ether oxygens (including phenoxy) is 1. The predicted octanol–water partition coefficient (Wildman–Crippen LogP) is 5.34. The maximum Gasteiger partial charge on any atom is 0.141 e. The SMILES string of the molecule is CC1CC(C#N)(c2cccc(Sc3ccc(-c4ccnn4C)cc3)c2F)CCO1. The number of benzene rings is 2. The summed E-state index contributed by atoms with van der Waals surface area (Å²) in [5, 5.41) is 14.1. The molecule has 4 rings (SSSR count). The predicted molar refractivity (Wildman–Crippen MR) is 111 cm³/mol. The Morgan fingerprint density at radius 3 is 2.69 bits per heavy atom. The first-order chi connectivity index (χ1) is 14.0. The monoisotopic (exact) mass is 407 g/mol. The molecule has 2 unspecified atom stereocenters. The van der Waals surface area contributed by atoms with E-state index in [1.807, 2.05) is 55.1 Å². The molecule has 4 nitrogen and oxygen atoms in total. The molecule has 0 saturated carbocycles. The molecule has 1 aliphatic rings. The fourth-order valence-electron chi connectivity index (χ4n) is 3.93. The van der Waals surface area contributed by atoms with Gasteiger partial charge >= 0.3 is 0 Å². The van der Waals surface area contributed by atoms with Crippen LogP contribution in [0.4, 0.5) is 4.39 Å². The Balaban J connectivity index is 1.61. The summed E-state index contributed by atoms with van der Waals surface area (Å²) in [5.41, 5.74) is 1.73. The van der Waals surface area contributed by atoms with Gasteiger partial charge in [0, 0.05) is 35.2 Å². The highest BCUT2D eigenvalue weighted by Gasteiger charge is 2.40. The van der Waals surface area contributed by atoms with Crippen molar-refractivity contribution in [1.29, 1.82) is 5.26 Å². The van der Waals surface area contributed by atoms with Crippen LogP contribution in [0, 0.1) is 17.1 Å². The highest BCUT2D eigenvalue weighted by Crippen LogP contribution is 2.41. The third-order valence-corrected chi connectivity index (χ3v) is 6.50. The Morgan fingerprint density at radius 1 is 1.24 bits per heavy atom. The van der Waals surface area contributed by atoms with E-state index in [0.717, 1.165) is 16.2 Å². The molecule has 0 bridgehead atoms. The third kappa shape index (κ3) is 3.81. The van der Waals surface area contributed by atoms with Crippen molar-refractivity contribution >= 4 is 11.8 Å². The fraction of sp³-hybridized carbons (Fsp3) is 0.304. The molecule has 1 fully saturated rings. The van der Waals surface area contributed by atoms with Gasteiger partial charge in [0.15, 0.2) is 0 Å². The molecule has 1 saturated heterocycles. The van der Waals surface area contributed by atoms with Crippen molar-refractivity contribution in [3.63, 3.8) is 0 Å². The summed E-state index contributed by atoms with van der Waals surface area (Å²) in [7, 11) is 1.90. The Labute approximate surface area is 174 Å². The molecule has 3 aromatic rings. The largest absolute Gasteiger partial charge is 0.378 e. The van der Waals surface area contributed by atoms with Crippen molar-refractivity contribution in [2.75, 3.05) is 6.61 Å². The normalized spacial score (nSPS) is 21.7. The molecule has 29 heavy (non-hydrogen) atoms. The molecular weight excluding hydrogens is 385 g/mol. The van der Waals surface area contributed by atoms with E-state index >= 15 is 4.39 Å². The van der Waals surface area contributed by atoms with Crippen molar-refractivity contribution in [3.05, 3.63) is 66.1 Å². The minimum Gasteiger partial charge on any atom is -0.378 e. The molecule has 148 valence electrons. The second-order valence-corrected chi connectivity index (χ2v) is 8.53. The zero-order chi connectivity index (χ0) is 20.4. The lowest BCUT2D eigenvalue weighted by Crippen LogP contribution is -2.37. The van der Waals surface area contributed by atoms with Crippen molar-refractivity contribution in [1.82, 2.24) is 9.78 Å². The molecular formula is C23H22FN3OS. The second-order valence-electron chi connectivity index (χ2n) is 7.41. The van der Waals surface area contributed by atoms with Crippen LogP contribution in [0.25, 0.3) is 11.3 Å². The van der Waals surface area contributed by atoms with Crippen molar-refractivity contribution in [2.45, 2.75) is 41.1 Å². The van der Waals surface area contributed by atoms with Gasteiger partial charge in [-0.05, 0) is 49.6 Å². The van der Waals surface area contributed by atoms with Crippen LogP contribution in [0.3, 0.4) is 0 Å². The second kappa shape index (κ2) is 8.02. The molecule has 6 heteroatoms. The van der Waals surface area contributed by atoms with Gasteiger partial charge in [0.25, 0.3) is 0 Å². The highest BCUT2D eigenvalue weighted by atomic mass is 32.2. The zero-order valence-electron chi connectivity index (χ0n) is 16.4. The van der Waals surface area contributed by atoms with Gasteiger partial charge in [0.05, 0.1) is 23.3 Å². The number of rotatable bonds is 4. The average molecular weight is 408 g/mol. The van der Waals surface area contributed by atoms with E-state index in [4.69, 9.17) is 4.74 Å². The van der Waals surface area contributed by atoms with Crippen LogP contribution in [0.15, 0.2) is 64.5 Å². The maximum absolute atomic E-state index is 15.4. The van der Waals surface area contributed by atoms with E-state index in [2.05, 4.69) is 11.2 Å². The molecule has 0 spiro atoms. The van der Waals surface area contributed by atoms with Gasteiger partial charge in [0.2, 0.25) is 0 Å². The standard InChI is InChI=1S/C23H22FN3OS/c1-16-14-23(15-25,11-13-28-16)19-4-3-5-21(22(19)24)29-18-8-6-17(7-9-18)20-10-12-26-27(20)2/h3-10,12,16H,11,13-14H2,1-2H3. The van der Waals surface area contributed by atoms with E-state index in [9.17, 15) is 5.26 Å². The summed E-state index contributed by atoms with van der Waals surface area (Å²) in [5.74, 6) is -0.302. The first-order valence-electron chi connectivity index (χ1n) is 9.60. The lowest BCUT2D eigenvalue weighted by molar-refractivity contribution is 0.00275. The lowest BCUT2D eigenvalue weighted by Gasteiger charge is -2.35. The molecule has 1 aliphatic heterocycles. The Hall–Kier alpha value is -2.62. The molecule has 2 heterocycles. The Morgan fingerprint density at radius 2 is 2.03 bits per heavy atom. The molecule has 0 amide bonds. The minimum atomic E-state index is -0.832. The zero-order valence-corrected chi connectivity index (χ0v) is 17.2. The van der Waals surface area contributed by atoms with E-state index in [0.29, 0.717) is 29.9 Å². The number of hydrogen-bond acceptors (Lipinski definition) is 4. The van der Waals surface area contributed by atoms with Crippen molar-refractivity contribution in [3.8, 4) is 17.3 Å². The van der Waals surface area contributed by atoms with Crippen LogP contribution in [0.2, 0.25) is 0 Å². The molecule has 0 radical (unpaired) electrons. The summed E-state index contributed by atoms with van der Waals surface area (Å²) >= 11 is 1.37.